The fraction of sp³-hybridized carbons (Fsp3) is 0.600. The smallest absolute Gasteiger partial charge is 0.328 e. The molecule has 10 heteroatoms. The van der Waals surface area contributed by atoms with Crippen molar-refractivity contribution in [3.63, 3.8) is 0 Å². The predicted molar refractivity (Wildman–Crippen MR) is 110 cm³/mol. The second-order valence-electron chi connectivity index (χ2n) is 7.67. The van der Waals surface area contributed by atoms with Gasteiger partial charge in [-0.15, -0.1) is 11.3 Å². The molecular weight excluding hydrogens is 408 g/mol. The van der Waals surface area contributed by atoms with Gasteiger partial charge in [0.1, 0.15) is 12.1 Å². The molecule has 0 saturated carbocycles. The molecule has 9 nitrogen and oxygen atoms in total. The van der Waals surface area contributed by atoms with E-state index < -0.39 is 24.0 Å². The first-order chi connectivity index (χ1) is 14.4. The lowest BCUT2D eigenvalue weighted by atomic mass is 9.95. The minimum atomic E-state index is -0.862. The number of carbonyl (C=O) groups excluding carboxylic acids is 4. The van der Waals surface area contributed by atoms with E-state index in [0.717, 1.165) is 25.9 Å². The van der Waals surface area contributed by atoms with Crippen molar-refractivity contribution >= 4 is 35.0 Å². The summed E-state index contributed by atoms with van der Waals surface area (Å²) in [5.41, 5.74) is 0. The lowest BCUT2D eigenvalue weighted by molar-refractivity contribution is -0.664. The average Bonchev–Trinajstić information content (AvgIpc) is 3.32. The molecule has 164 valence electrons. The van der Waals surface area contributed by atoms with Crippen molar-refractivity contribution in [2.75, 3.05) is 39.8 Å². The number of hydrogen-bond acceptors (Lipinski definition) is 6. The number of ether oxygens (including phenoxy) is 1. The molecule has 0 spiro atoms. The molecule has 3 heterocycles. The zero-order valence-electron chi connectivity index (χ0n) is 17.3. The van der Waals surface area contributed by atoms with Crippen LogP contribution in [0, 0.1) is 5.92 Å². The Morgan fingerprint density at radius 1 is 1.23 bits per heavy atom. The average molecular weight is 438 g/mol. The summed E-state index contributed by atoms with van der Waals surface area (Å²) in [5, 5.41) is 6.63. The first-order valence-electron chi connectivity index (χ1n) is 10.3. The molecule has 1 aromatic heterocycles. The van der Waals surface area contributed by atoms with Gasteiger partial charge >= 0.3 is 5.97 Å². The molecule has 3 amide bonds. The van der Waals surface area contributed by atoms with Gasteiger partial charge in [-0.3, -0.25) is 14.4 Å². The van der Waals surface area contributed by atoms with Gasteiger partial charge in [0.15, 0.2) is 0 Å². The third-order valence-electron chi connectivity index (χ3n) is 5.69. The van der Waals surface area contributed by atoms with Gasteiger partial charge in [0, 0.05) is 31.8 Å². The zero-order valence-corrected chi connectivity index (χ0v) is 18.2. The molecular formula is C20H29N4O5S+. The Morgan fingerprint density at radius 3 is 2.60 bits per heavy atom. The van der Waals surface area contributed by atoms with E-state index in [0.29, 0.717) is 11.4 Å². The number of rotatable bonds is 5. The van der Waals surface area contributed by atoms with Crippen LogP contribution in [0.15, 0.2) is 17.5 Å². The summed E-state index contributed by atoms with van der Waals surface area (Å²) in [7, 11) is 1.25. The van der Waals surface area contributed by atoms with Crippen LogP contribution in [0.4, 0.5) is 0 Å². The van der Waals surface area contributed by atoms with E-state index in [2.05, 4.69) is 15.4 Å². The maximum absolute atomic E-state index is 13.0. The standard InChI is InChI=1S/C20H28N4O5S/c1-13(20(28)29-2)22-17(25)15-12-23(18(26)14-5-7-21-8-6-14)9-10-24(15)19(27)16-4-3-11-30-16/h3-4,11,13-15,21H,5-10,12H2,1-2H3,(H,22,25)/p+1/t13-,15+/m1/s1. The first kappa shape index (κ1) is 22.2. The minimum absolute atomic E-state index is 0.0350. The summed E-state index contributed by atoms with van der Waals surface area (Å²) in [6.45, 7) is 4.16. The predicted octanol–water partition coefficient (Wildman–Crippen LogP) is -0.948. The summed E-state index contributed by atoms with van der Waals surface area (Å²) in [6.07, 6.45) is 1.65. The SMILES string of the molecule is COC(=O)[C@@H](C)NC(=O)[C@@H]1CN(C(=O)C2CC[NH2+]CC2)CCN1C(=O)c1cccs1. The highest BCUT2D eigenvalue weighted by molar-refractivity contribution is 7.12. The number of hydrogen-bond donors (Lipinski definition) is 2. The van der Waals surface area contributed by atoms with E-state index in [1.807, 2.05) is 5.38 Å². The summed E-state index contributed by atoms with van der Waals surface area (Å²) >= 11 is 1.31. The number of methoxy groups -OCH3 is 1. The number of esters is 1. The largest absolute Gasteiger partial charge is 0.467 e. The number of quaternary nitrogens is 1. The van der Waals surface area contributed by atoms with Crippen molar-refractivity contribution in [1.29, 1.82) is 0 Å². The van der Waals surface area contributed by atoms with Crippen molar-refractivity contribution in [2.24, 2.45) is 5.92 Å². The van der Waals surface area contributed by atoms with Gasteiger partial charge in [0.25, 0.3) is 5.91 Å². The molecule has 2 fully saturated rings. The number of nitrogens with zero attached hydrogens (tertiary/aromatic N) is 2. The van der Waals surface area contributed by atoms with Crippen LogP contribution >= 0.6 is 11.3 Å². The molecule has 3 N–H and O–H groups in total. The second kappa shape index (κ2) is 10.0. The molecule has 2 aliphatic heterocycles. The molecule has 2 aliphatic rings. The van der Waals surface area contributed by atoms with Crippen LogP contribution in [0.1, 0.15) is 29.4 Å². The molecule has 2 saturated heterocycles. The Balaban J connectivity index is 1.76. The van der Waals surface area contributed by atoms with Gasteiger partial charge in [-0.25, -0.2) is 4.79 Å². The normalized spacial score (nSPS) is 21.1. The third-order valence-corrected chi connectivity index (χ3v) is 6.55. The lowest BCUT2D eigenvalue weighted by Crippen LogP contribution is -2.86. The number of nitrogens with two attached hydrogens (primary N) is 1. The Bertz CT molecular complexity index is 778. The van der Waals surface area contributed by atoms with Gasteiger partial charge in [0.05, 0.1) is 31.6 Å². The van der Waals surface area contributed by atoms with Crippen LogP contribution in [0.2, 0.25) is 0 Å². The molecule has 3 rings (SSSR count). The topological polar surface area (TPSA) is 113 Å². The summed E-state index contributed by atoms with van der Waals surface area (Å²) in [4.78, 5) is 54.5. The quantitative estimate of drug-likeness (QED) is 0.577. The van der Waals surface area contributed by atoms with Gasteiger partial charge in [-0.2, -0.15) is 0 Å². The highest BCUT2D eigenvalue weighted by atomic mass is 32.1. The van der Waals surface area contributed by atoms with Crippen molar-refractivity contribution in [1.82, 2.24) is 15.1 Å². The van der Waals surface area contributed by atoms with Crippen LogP contribution in [-0.2, 0) is 19.1 Å². The molecule has 0 aromatic carbocycles. The molecule has 2 atom stereocenters. The van der Waals surface area contributed by atoms with Crippen LogP contribution < -0.4 is 10.6 Å². The monoisotopic (exact) mass is 437 g/mol. The van der Waals surface area contributed by atoms with E-state index in [1.165, 1.54) is 30.3 Å². The van der Waals surface area contributed by atoms with Gasteiger partial charge in [0.2, 0.25) is 11.8 Å². The van der Waals surface area contributed by atoms with Crippen molar-refractivity contribution in [3.8, 4) is 0 Å². The molecule has 30 heavy (non-hydrogen) atoms. The highest BCUT2D eigenvalue weighted by Gasteiger charge is 2.40. The van der Waals surface area contributed by atoms with E-state index in [4.69, 9.17) is 0 Å². The van der Waals surface area contributed by atoms with Crippen LogP contribution in [-0.4, -0.2) is 85.4 Å². The van der Waals surface area contributed by atoms with E-state index >= 15 is 0 Å². The fourth-order valence-corrected chi connectivity index (χ4v) is 4.65. The minimum Gasteiger partial charge on any atom is -0.467 e. The van der Waals surface area contributed by atoms with Crippen molar-refractivity contribution < 1.29 is 29.2 Å². The fourth-order valence-electron chi connectivity index (χ4n) is 3.97. The number of amides is 3. The summed E-state index contributed by atoms with van der Waals surface area (Å²) < 4.78 is 4.67. The lowest BCUT2D eigenvalue weighted by Gasteiger charge is -2.41. The Hall–Kier alpha value is -2.46. The molecule has 1 aromatic rings. The number of piperidine rings is 1. The van der Waals surface area contributed by atoms with E-state index in [1.54, 1.807) is 17.0 Å². The molecule has 0 unspecified atom stereocenters. The Kier molecular flexibility index (Phi) is 7.43. The van der Waals surface area contributed by atoms with Crippen LogP contribution in [0.25, 0.3) is 0 Å². The first-order valence-corrected chi connectivity index (χ1v) is 11.1. The highest BCUT2D eigenvalue weighted by Crippen LogP contribution is 2.21. The van der Waals surface area contributed by atoms with Crippen molar-refractivity contribution in [3.05, 3.63) is 22.4 Å². The van der Waals surface area contributed by atoms with E-state index in [9.17, 15) is 19.2 Å². The maximum Gasteiger partial charge on any atom is 0.328 e. The van der Waals surface area contributed by atoms with Crippen LogP contribution in [0.5, 0.6) is 0 Å². The van der Waals surface area contributed by atoms with Crippen molar-refractivity contribution in [2.45, 2.75) is 31.8 Å². The number of carbonyl (C=O) groups is 4. The number of thiophene rings is 1. The molecule has 0 bridgehead atoms. The Morgan fingerprint density at radius 2 is 1.97 bits per heavy atom. The summed E-state index contributed by atoms with van der Waals surface area (Å²) in [6, 6.07) is 1.79. The molecule has 0 radical (unpaired) electrons. The van der Waals surface area contributed by atoms with Gasteiger partial charge in [-0.05, 0) is 18.4 Å². The second-order valence-corrected chi connectivity index (χ2v) is 8.62. The van der Waals surface area contributed by atoms with E-state index in [-0.39, 0.29) is 30.8 Å². The third kappa shape index (κ3) is 4.99. The Labute approximate surface area is 179 Å². The molecule has 0 aliphatic carbocycles. The maximum atomic E-state index is 13.0. The van der Waals surface area contributed by atoms with Gasteiger partial charge < -0.3 is 25.2 Å². The summed E-state index contributed by atoms with van der Waals surface area (Å²) in [5.74, 6) is -1.26. The number of piperazine rings is 1. The van der Waals surface area contributed by atoms with Gasteiger partial charge in [-0.1, -0.05) is 6.07 Å². The number of nitrogens with one attached hydrogen (secondary N) is 1. The zero-order chi connectivity index (χ0) is 21.7. The van der Waals surface area contributed by atoms with Crippen LogP contribution in [0.3, 0.4) is 0 Å².